The summed E-state index contributed by atoms with van der Waals surface area (Å²) in [6, 6.07) is 13.3. The fourth-order valence-electron chi connectivity index (χ4n) is 3.86. The zero-order valence-corrected chi connectivity index (χ0v) is 16.3. The monoisotopic (exact) mass is 354 g/mol. The van der Waals surface area contributed by atoms with E-state index >= 15 is 0 Å². The zero-order valence-electron chi connectivity index (χ0n) is 16.3. The van der Waals surface area contributed by atoms with Crippen molar-refractivity contribution >= 4 is 0 Å². The first-order chi connectivity index (χ1) is 12.6. The zero-order chi connectivity index (χ0) is 18.7. The van der Waals surface area contributed by atoms with Crippen LogP contribution in [0.4, 0.5) is 0 Å². The SMILES string of the molecule is CC[C@H](N)[C@@H]1c2cc(OC)c(OC)cc2CCN1Cc1ccc(C)cc1. The lowest BCUT2D eigenvalue weighted by atomic mass is 9.86. The number of fused-ring (bicyclic) bond motifs is 1. The van der Waals surface area contributed by atoms with Crippen molar-refractivity contribution in [3.63, 3.8) is 0 Å². The molecule has 2 N–H and O–H groups in total. The Bertz CT molecular complexity index is 743. The molecular weight excluding hydrogens is 324 g/mol. The Morgan fingerprint density at radius 1 is 1.12 bits per heavy atom. The quantitative estimate of drug-likeness (QED) is 0.856. The van der Waals surface area contributed by atoms with Gasteiger partial charge in [0.05, 0.1) is 20.3 Å². The van der Waals surface area contributed by atoms with Gasteiger partial charge in [0.1, 0.15) is 0 Å². The van der Waals surface area contributed by atoms with Crippen LogP contribution in [-0.2, 0) is 13.0 Å². The van der Waals surface area contributed by atoms with E-state index in [4.69, 9.17) is 15.2 Å². The van der Waals surface area contributed by atoms with Crippen molar-refractivity contribution in [1.82, 2.24) is 4.90 Å². The van der Waals surface area contributed by atoms with Crippen molar-refractivity contribution in [2.24, 2.45) is 5.73 Å². The molecule has 4 nitrogen and oxygen atoms in total. The Morgan fingerprint density at radius 3 is 2.38 bits per heavy atom. The van der Waals surface area contributed by atoms with E-state index in [1.807, 2.05) is 0 Å². The van der Waals surface area contributed by atoms with Crippen molar-refractivity contribution < 1.29 is 9.47 Å². The molecular formula is C22H30N2O2. The summed E-state index contributed by atoms with van der Waals surface area (Å²) < 4.78 is 11.0. The molecule has 140 valence electrons. The van der Waals surface area contributed by atoms with E-state index in [0.29, 0.717) is 0 Å². The van der Waals surface area contributed by atoms with Crippen molar-refractivity contribution in [2.75, 3.05) is 20.8 Å². The van der Waals surface area contributed by atoms with Gasteiger partial charge in [0.25, 0.3) is 0 Å². The van der Waals surface area contributed by atoms with Crippen molar-refractivity contribution in [2.45, 2.75) is 45.3 Å². The number of hydrogen-bond donors (Lipinski definition) is 1. The molecule has 1 aliphatic rings. The number of hydrogen-bond acceptors (Lipinski definition) is 4. The second-order valence-corrected chi connectivity index (χ2v) is 7.13. The number of methoxy groups -OCH3 is 2. The van der Waals surface area contributed by atoms with Crippen LogP contribution in [0.2, 0.25) is 0 Å². The van der Waals surface area contributed by atoms with E-state index in [9.17, 15) is 0 Å². The van der Waals surface area contributed by atoms with E-state index in [1.54, 1.807) is 14.2 Å². The summed E-state index contributed by atoms with van der Waals surface area (Å²) >= 11 is 0. The summed E-state index contributed by atoms with van der Waals surface area (Å²) in [4.78, 5) is 2.51. The molecule has 1 heterocycles. The number of aryl methyl sites for hydroxylation is 1. The molecule has 3 rings (SSSR count). The van der Waals surface area contributed by atoms with E-state index in [0.717, 1.165) is 37.4 Å². The van der Waals surface area contributed by atoms with Crippen LogP contribution in [0.5, 0.6) is 11.5 Å². The molecule has 26 heavy (non-hydrogen) atoms. The van der Waals surface area contributed by atoms with Gasteiger partial charge < -0.3 is 15.2 Å². The van der Waals surface area contributed by atoms with Crippen molar-refractivity contribution in [1.29, 1.82) is 0 Å². The number of nitrogens with zero attached hydrogens (tertiary/aromatic N) is 1. The summed E-state index contributed by atoms with van der Waals surface area (Å²) in [5, 5.41) is 0. The summed E-state index contributed by atoms with van der Waals surface area (Å²) in [6.07, 6.45) is 1.93. The fourth-order valence-corrected chi connectivity index (χ4v) is 3.86. The van der Waals surface area contributed by atoms with Crippen LogP contribution in [0, 0.1) is 6.92 Å². The number of nitrogens with two attached hydrogens (primary N) is 1. The Labute approximate surface area is 156 Å². The van der Waals surface area contributed by atoms with E-state index in [2.05, 4.69) is 55.1 Å². The van der Waals surface area contributed by atoms with Gasteiger partial charge in [0.15, 0.2) is 11.5 Å². The Kier molecular flexibility index (Phi) is 5.84. The average Bonchev–Trinajstić information content (AvgIpc) is 2.67. The molecule has 2 aromatic carbocycles. The minimum Gasteiger partial charge on any atom is -0.493 e. The van der Waals surface area contributed by atoms with Gasteiger partial charge in [-0.3, -0.25) is 4.90 Å². The first-order valence-corrected chi connectivity index (χ1v) is 9.37. The predicted octanol–water partition coefficient (Wildman–Crippen LogP) is 3.85. The summed E-state index contributed by atoms with van der Waals surface area (Å²) in [5.41, 5.74) is 11.8. The van der Waals surface area contributed by atoms with Gasteiger partial charge in [-0.25, -0.2) is 0 Å². The topological polar surface area (TPSA) is 47.7 Å². The molecule has 0 bridgehead atoms. The molecule has 0 unspecified atom stereocenters. The number of rotatable bonds is 6. The van der Waals surface area contributed by atoms with Crippen LogP contribution in [-0.4, -0.2) is 31.7 Å². The van der Waals surface area contributed by atoms with Gasteiger partial charge >= 0.3 is 0 Å². The number of ether oxygens (including phenoxy) is 2. The lowest BCUT2D eigenvalue weighted by molar-refractivity contribution is 0.149. The highest BCUT2D eigenvalue weighted by molar-refractivity contribution is 5.50. The van der Waals surface area contributed by atoms with Crippen LogP contribution in [0.3, 0.4) is 0 Å². The average molecular weight is 354 g/mol. The second-order valence-electron chi connectivity index (χ2n) is 7.13. The third-order valence-corrected chi connectivity index (χ3v) is 5.41. The van der Waals surface area contributed by atoms with E-state index in [1.165, 1.54) is 22.3 Å². The molecule has 0 aliphatic carbocycles. The largest absolute Gasteiger partial charge is 0.493 e. The Balaban J connectivity index is 1.96. The lowest BCUT2D eigenvalue weighted by Gasteiger charge is -2.40. The van der Waals surface area contributed by atoms with Crippen molar-refractivity contribution in [3.8, 4) is 11.5 Å². The second kappa shape index (κ2) is 8.11. The molecule has 0 saturated heterocycles. The van der Waals surface area contributed by atoms with Gasteiger partial charge in [0.2, 0.25) is 0 Å². The minimum atomic E-state index is 0.0811. The van der Waals surface area contributed by atoms with Crippen LogP contribution < -0.4 is 15.2 Å². The standard InChI is InChI=1S/C22H30N2O2/c1-5-19(23)22-18-13-21(26-4)20(25-3)12-17(18)10-11-24(22)14-16-8-6-15(2)7-9-16/h6-9,12-13,19,22H,5,10-11,14,23H2,1-4H3/t19-,22-/m0/s1. The smallest absolute Gasteiger partial charge is 0.161 e. The first-order valence-electron chi connectivity index (χ1n) is 9.37. The molecule has 2 aromatic rings. The van der Waals surface area contributed by atoms with E-state index in [-0.39, 0.29) is 12.1 Å². The molecule has 4 heteroatoms. The molecule has 0 saturated carbocycles. The van der Waals surface area contributed by atoms with E-state index < -0.39 is 0 Å². The third kappa shape index (κ3) is 3.71. The van der Waals surface area contributed by atoms with Gasteiger partial charge in [-0.1, -0.05) is 36.8 Å². The maximum Gasteiger partial charge on any atom is 0.161 e. The third-order valence-electron chi connectivity index (χ3n) is 5.41. The molecule has 0 spiro atoms. The maximum atomic E-state index is 6.58. The van der Waals surface area contributed by atoms with Gasteiger partial charge in [-0.15, -0.1) is 0 Å². The maximum absolute atomic E-state index is 6.58. The number of benzene rings is 2. The Morgan fingerprint density at radius 2 is 1.77 bits per heavy atom. The van der Waals surface area contributed by atoms with Crippen LogP contribution in [0.1, 0.15) is 41.6 Å². The fraction of sp³-hybridized carbons (Fsp3) is 0.455. The molecule has 2 atom stereocenters. The molecule has 0 fully saturated rings. The van der Waals surface area contributed by atoms with Crippen LogP contribution >= 0.6 is 0 Å². The minimum absolute atomic E-state index is 0.0811. The van der Waals surface area contributed by atoms with Gasteiger partial charge in [-0.2, -0.15) is 0 Å². The van der Waals surface area contributed by atoms with Gasteiger partial charge in [-0.05, 0) is 48.6 Å². The van der Waals surface area contributed by atoms with Gasteiger partial charge in [0, 0.05) is 19.1 Å². The van der Waals surface area contributed by atoms with Crippen LogP contribution in [0.25, 0.3) is 0 Å². The lowest BCUT2D eigenvalue weighted by Crippen LogP contribution is -2.44. The highest BCUT2D eigenvalue weighted by Crippen LogP contribution is 2.40. The summed E-state index contributed by atoms with van der Waals surface area (Å²) in [6.45, 7) is 6.18. The highest BCUT2D eigenvalue weighted by atomic mass is 16.5. The first kappa shape index (κ1) is 18.7. The van der Waals surface area contributed by atoms with Crippen LogP contribution in [0.15, 0.2) is 36.4 Å². The highest BCUT2D eigenvalue weighted by Gasteiger charge is 2.32. The Hall–Kier alpha value is -2.04. The summed E-state index contributed by atoms with van der Waals surface area (Å²) in [5.74, 6) is 1.57. The van der Waals surface area contributed by atoms with Crippen molar-refractivity contribution in [3.05, 3.63) is 58.7 Å². The normalized spacial score (nSPS) is 18.3. The molecule has 1 aliphatic heterocycles. The molecule has 0 radical (unpaired) electrons. The molecule has 0 amide bonds. The predicted molar refractivity (Wildman–Crippen MR) is 106 cm³/mol. The summed E-state index contributed by atoms with van der Waals surface area (Å²) in [7, 11) is 3.37. The molecule has 0 aromatic heterocycles.